The number of para-hydroxylation sites is 5. The van der Waals surface area contributed by atoms with E-state index in [9.17, 15) is 14.4 Å². The number of likely N-dealkylation sites (N-methyl/N-ethyl adjacent to an activating group) is 3. The van der Waals surface area contributed by atoms with Crippen molar-refractivity contribution in [1.29, 1.82) is 5.41 Å². The zero-order valence-corrected chi connectivity index (χ0v) is 58.8. The van der Waals surface area contributed by atoms with Crippen molar-refractivity contribution >= 4 is 99.8 Å². The number of nitrogens with two attached hydrogens (primary N) is 5. The molecule has 10 aromatic rings. The second kappa shape index (κ2) is 35.3. The molecular weight excluding hydrogens is 1430 g/mol. The average molecular weight is 1500 g/mol. The first-order chi connectivity index (χ1) is 51.9. The number of benzene rings is 5. The number of H-pyrrole nitrogens is 5. The molecule has 0 unspecified atom stereocenters. The van der Waals surface area contributed by atoms with Crippen LogP contribution in [0, 0.1) is 15.0 Å². The molecule has 556 valence electrons. The van der Waals surface area contributed by atoms with E-state index in [1.807, 2.05) is 68.7 Å². The van der Waals surface area contributed by atoms with Crippen LogP contribution in [-0.4, -0.2) is 160 Å². The first kappa shape index (κ1) is 74.3. The van der Waals surface area contributed by atoms with Crippen LogP contribution in [0.5, 0.6) is 86.2 Å². The van der Waals surface area contributed by atoms with Gasteiger partial charge in [-0.15, -0.1) is 0 Å². The van der Waals surface area contributed by atoms with Gasteiger partial charge in [-0.05, 0) is 99.2 Å². The van der Waals surface area contributed by atoms with Crippen LogP contribution in [-0.2, 0) is 0 Å². The zero-order valence-electron chi connectivity index (χ0n) is 57.2. The molecule has 0 fully saturated rings. The quantitative estimate of drug-likeness (QED) is 0.0167. The number of anilines is 10. The first-order valence-electron chi connectivity index (χ1n) is 32.3. The molecule has 0 saturated heterocycles. The van der Waals surface area contributed by atoms with E-state index < -0.39 is 17.1 Å². The maximum absolute atomic E-state index is 11.3. The lowest BCUT2D eigenvalue weighted by molar-refractivity contribution is 0.283. The van der Waals surface area contributed by atoms with Crippen molar-refractivity contribution < 1.29 is 47.4 Å². The van der Waals surface area contributed by atoms with Crippen molar-refractivity contribution in [2.75, 3.05) is 113 Å². The summed E-state index contributed by atoms with van der Waals surface area (Å²) in [5.41, 5.74) is 28.5. The summed E-state index contributed by atoms with van der Waals surface area (Å²) in [5, 5.41) is 29.1. The number of aliphatic imine (C=N–C) groups is 2. The molecule has 10 heterocycles. The molecule has 5 aromatic heterocycles. The predicted molar refractivity (Wildman–Crippen MR) is 404 cm³/mol. The summed E-state index contributed by atoms with van der Waals surface area (Å²) in [7, 11) is 5.45. The van der Waals surface area contributed by atoms with E-state index in [0.29, 0.717) is 195 Å². The number of hydrogen-bond donors (Lipinski definition) is 18. The van der Waals surface area contributed by atoms with E-state index in [1.54, 1.807) is 60.7 Å². The predicted octanol–water partition coefficient (Wildman–Crippen LogP) is 6.54. The van der Waals surface area contributed by atoms with Gasteiger partial charge in [-0.1, -0.05) is 30.3 Å². The maximum Gasteiger partial charge on any atom is 0.346 e. The molecule has 5 aliphatic heterocycles. The Morgan fingerprint density at radius 1 is 0.421 bits per heavy atom. The molecule has 23 N–H and O–H groups in total. The van der Waals surface area contributed by atoms with E-state index in [-0.39, 0.29) is 17.9 Å². The lowest BCUT2D eigenvalue weighted by Crippen LogP contribution is -2.35. The summed E-state index contributed by atoms with van der Waals surface area (Å²) < 4.78 is 57.8. The molecule has 39 nitrogen and oxygen atoms in total. The molecule has 0 amide bonds. The Balaban J connectivity index is 0.000000133. The number of rotatable bonds is 20. The number of ether oxygens (including phenoxy) is 10. The highest BCUT2D eigenvalue weighted by Crippen LogP contribution is 2.50. The van der Waals surface area contributed by atoms with Crippen molar-refractivity contribution in [2.45, 2.75) is 0 Å². The van der Waals surface area contributed by atoms with Gasteiger partial charge in [0.2, 0.25) is 0 Å². The second-order valence-corrected chi connectivity index (χ2v) is 23.1. The molecule has 5 aliphatic rings. The Kier molecular flexibility index (Phi) is 24.5. The van der Waals surface area contributed by atoms with Crippen molar-refractivity contribution in [3.8, 4) is 86.2 Å². The smallest absolute Gasteiger partial charge is 0.346 e. The Morgan fingerprint density at radius 2 is 0.692 bits per heavy atom. The Bertz CT molecular complexity index is 4970. The highest BCUT2D eigenvalue weighted by atomic mass is 32.1. The second-order valence-electron chi connectivity index (χ2n) is 22.3. The highest BCUT2D eigenvalue weighted by molar-refractivity contribution is 7.71. The first-order valence-corrected chi connectivity index (χ1v) is 33.1. The molecule has 0 bridgehead atoms. The van der Waals surface area contributed by atoms with Gasteiger partial charge >= 0.3 is 17.1 Å². The van der Waals surface area contributed by atoms with Gasteiger partial charge in [0.05, 0.1) is 50.6 Å². The molecule has 0 saturated carbocycles. The van der Waals surface area contributed by atoms with Crippen LogP contribution in [0.3, 0.4) is 0 Å². The minimum Gasteiger partial charge on any atom is -0.490 e. The number of aromatic amines is 5. The molecule has 0 aliphatic carbocycles. The molecule has 0 radical (unpaired) electrons. The third-order valence-electron chi connectivity index (χ3n) is 14.8. The van der Waals surface area contributed by atoms with Crippen molar-refractivity contribution in [3.05, 3.63) is 163 Å². The van der Waals surface area contributed by atoms with Crippen LogP contribution >= 0.6 is 24.4 Å². The lowest BCUT2D eigenvalue weighted by atomic mass is 10.2. The largest absolute Gasteiger partial charge is 0.490 e. The minimum absolute atomic E-state index is 0.0131. The maximum atomic E-state index is 11.3. The standard InChI is InChI=1S/C14H16N6O3.C13H14N6O3.C13H14N6O2S.C13H14N4O3.C13H14N4O2S/c1-20(13(15)16)5-6-22-8-3-2-4-9-11(8)18-12-10(23-9)7-17-14(21)19-12;14-12(15)16-4-5-21-7-2-1-3-8-10(7)18-11-9(22-8)6-17-13(20)19-11;14-12(15)16-4-5-20-7-2-1-3-8-10(7)18-11-9(21-8)6-17-13(22)19-11;1-14-5-6-19-8-3-2-4-9-11(8)16-12-10(20-9)7-15-13(18)17-12;1-14-5-6-18-8-3-2-4-9-11(8)16-12-10(19-9)7-15-13(20)17-12/h2-4,7H,5-6H2,1H3,(H3,15,16)(H2,17,18,19,21);1-3,6H,4-5H2,(H4,14,15,16)(H2,17,18,19,20);1-3,6H,4-5H2,(H4,14,15,16)(H2,17,18,19,22);2-4,7,14H,5-6H2,1H3,(H2,15,16,17,18);2-4,7,14H,5-6H2,1H3,(H2,15,16,17,20). The topological polar surface area (TPSA) is 553 Å². The number of aromatic nitrogens is 10. The van der Waals surface area contributed by atoms with Crippen LogP contribution in [0.2, 0.25) is 0 Å². The number of guanidine groups is 3. The van der Waals surface area contributed by atoms with Gasteiger partial charge in [0.25, 0.3) is 0 Å². The lowest BCUT2D eigenvalue weighted by Gasteiger charge is -2.23. The summed E-state index contributed by atoms with van der Waals surface area (Å²) in [5.74, 6) is 11.5. The van der Waals surface area contributed by atoms with Gasteiger partial charge in [0.1, 0.15) is 90.2 Å². The van der Waals surface area contributed by atoms with E-state index in [4.69, 9.17) is 106 Å². The van der Waals surface area contributed by atoms with Gasteiger partial charge < -0.3 is 128 Å². The van der Waals surface area contributed by atoms with Gasteiger partial charge in [-0.3, -0.25) is 30.3 Å². The summed E-state index contributed by atoms with van der Waals surface area (Å²) in [6, 6.07) is 27.4. The molecule has 0 atom stereocenters. The monoisotopic (exact) mass is 1500 g/mol. The third-order valence-corrected chi connectivity index (χ3v) is 15.2. The van der Waals surface area contributed by atoms with Crippen molar-refractivity contribution in [2.24, 2.45) is 38.7 Å². The summed E-state index contributed by atoms with van der Waals surface area (Å²) in [6.45, 7) is 4.79. The van der Waals surface area contributed by atoms with Crippen LogP contribution < -0.4 is 130 Å². The molecule has 107 heavy (non-hydrogen) atoms. The Hall–Kier alpha value is -13.9. The number of nitrogens with zero attached hydrogens (tertiary/aromatic N) is 8. The summed E-state index contributed by atoms with van der Waals surface area (Å²) >= 11 is 10.0. The van der Waals surface area contributed by atoms with Gasteiger partial charge in [-0.2, -0.15) is 15.0 Å². The molecule has 0 spiro atoms. The average Bonchev–Trinajstić information content (AvgIpc) is 0.816. The van der Waals surface area contributed by atoms with Crippen LogP contribution in [0.25, 0.3) is 0 Å². The van der Waals surface area contributed by atoms with Crippen molar-refractivity contribution in [3.63, 3.8) is 0 Å². The van der Waals surface area contributed by atoms with E-state index in [0.717, 1.165) is 24.5 Å². The Labute approximate surface area is 616 Å². The molecule has 5 aromatic carbocycles. The van der Waals surface area contributed by atoms with Crippen LogP contribution in [0.15, 0.2) is 146 Å². The SMILES string of the molecule is CN(CCOc1cccc2c1Nc1[nH]c(=O)ncc1O2)C(=N)N.CNCCOc1cccc2c1Nc1[nH]c(=O)ncc1O2.CNCCOc1cccc2c1Nc1[nH]c(=S)ncc1O2.NC(N)=NCCOc1cccc2c1Nc1[nH]c(=O)ncc1O2.NC(N)=NCCOc1cccc2c1Nc1[nH]c(=S)ncc1O2. The number of nitrogens with one attached hydrogen (secondary N) is 13. The summed E-state index contributed by atoms with van der Waals surface area (Å²) in [4.78, 5) is 75.6. The fraction of sp³-hybridized carbons (Fsp3) is 0.197. The van der Waals surface area contributed by atoms with Gasteiger partial charge in [-0.25, -0.2) is 24.4 Å². The highest BCUT2D eigenvalue weighted by Gasteiger charge is 2.27. The number of hydrogen-bond acceptors (Lipinski definition) is 30. The van der Waals surface area contributed by atoms with Gasteiger partial charge in [0.15, 0.2) is 114 Å². The fourth-order valence-corrected chi connectivity index (χ4v) is 10.1. The third kappa shape index (κ3) is 19.6. The van der Waals surface area contributed by atoms with Crippen LogP contribution in [0.4, 0.5) is 57.5 Å². The van der Waals surface area contributed by atoms with Gasteiger partial charge in [0, 0.05) is 20.1 Å². The fourth-order valence-electron chi connectivity index (χ4n) is 9.78. The zero-order chi connectivity index (χ0) is 75.3. The van der Waals surface area contributed by atoms with E-state index >= 15 is 0 Å². The molecular formula is C66H72N26O13S2. The van der Waals surface area contributed by atoms with E-state index in [1.165, 1.54) is 18.6 Å². The Morgan fingerprint density at radius 3 is 0.972 bits per heavy atom. The molecule has 15 rings (SSSR count). The molecule has 41 heteroatoms. The number of fused-ring (bicyclic) bond motifs is 10. The summed E-state index contributed by atoms with van der Waals surface area (Å²) in [6.07, 6.45) is 7.27. The minimum atomic E-state index is -0.468. The van der Waals surface area contributed by atoms with E-state index in [2.05, 4.69) is 97.0 Å². The van der Waals surface area contributed by atoms with Crippen LogP contribution in [0.1, 0.15) is 0 Å². The normalized spacial score (nSPS) is 11.6. The van der Waals surface area contributed by atoms with Crippen molar-refractivity contribution in [1.82, 2.24) is 65.4 Å².